The van der Waals surface area contributed by atoms with Crippen molar-refractivity contribution in [3.63, 3.8) is 0 Å². The third-order valence-corrected chi connectivity index (χ3v) is 6.26. The lowest BCUT2D eigenvalue weighted by atomic mass is 10.1. The van der Waals surface area contributed by atoms with Gasteiger partial charge < -0.3 is 14.6 Å². The molecule has 1 aromatic carbocycles. The summed E-state index contributed by atoms with van der Waals surface area (Å²) >= 11 is 0. The van der Waals surface area contributed by atoms with Gasteiger partial charge in [0.05, 0.1) is 30.5 Å². The third kappa shape index (κ3) is 2.95. The molecule has 1 N–H and O–H groups in total. The number of aromatic nitrogens is 4. The van der Waals surface area contributed by atoms with Crippen LogP contribution in [0.5, 0.6) is 17.9 Å². The van der Waals surface area contributed by atoms with E-state index in [0.717, 1.165) is 3.97 Å². The molecule has 0 radical (unpaired) electrons. The highest BCUT2D eigenvalue weighted by Crippen LogP contribution is 2.41. The minimum Gasteiger partial charge on any atom is -0.493 e. The van der Waals surface area contributed by atoms with Crippen molar-refractivity contribution in [1.82, 2.24) is 18.9 Å². The Hall–Kier alpha value is -3.14. The molecule has 0 aliphatic heterocycles. The van der Waals surface area contributed by atoms with Gasteiger partial charge >= 0.3 is 12.0 Å². The summed E-state index contributed by atoms with van der Waals surface area (Å²) in [5.74, 6) is -0.488. The fourth-order valence-electron chi connectivity index (χ4n) is 2.79. The van der Waals surface area contributed by atoms with E-state index in [0.29, 0.717) is 10.9 Å². The van der Waals surface area contributed by atoms with E-state index in [4.69, 9.17) is 9.47 Å². The lowest BCUT2D eigenvalue weighted by Crippen LogP contribution is -2.22. The Morgan fingerprint density at radius 3 is 2.25 bits per heavy atom. The van der Waals surface area contributed by atoms with Crippen LogP contribution in [0.4, 0.5) is 0 Å². The molecule has 148 valence electrons. The van der Waals surface area contributed by atoms with Gasteiger partial charge in [-0.15, -0.1) is 4.98 Å². The van der Waals surface area contributed by atoms with Crippen molar-refractivity contribution in [3.05, 3.63) is 30.3 Å². The minimum absolute atomic E-state index is 0.0186. The molecule has 10 heteroatoms. The summed E-state index contributed by atoms with van der Waals surface area (Å²) in [4.78, 5) is 12.3. The van der Waals surface area contributed by atoms with E-state index in [2.05, 4.69) is 21.5 Å². The molecule has 0 spiro atoms. The zero-order valence-corrected chi connectivity index (χ0v) is 16.7. The Balaban J connectivity index is 2.50. The minimum atomic E-state index is -3.90. The highest BCUT2D eigenvalue weighted by atomic mass is 32.2. The van der Waals surface area contributed by atoms with Crippen molar-refractivity contribution in [2.45, 2.75) is 19.1 Å². The van der Waals surface area contributed by atoms with E-state index in [1.165, 1.54) is 34.1 Å². The SMILES string of the molecule is C=Cc1cccc2c(-c3nc(OC)nc(OC)n3)c(O)n(S(=O)(=O)C(C)C)c12. The number of methoxy groups -OCH3 is 2. The lowest BCUT2D eigenvalue weighted by molar-refractivity contribution is 0.341. The van der Waals surface area contributed by atoms with Crippen LogP contribution in [0.1, 0.15) is 19.4 Å². The second-order valence-corrected chi connectivity index (χ2v) is 8.47. The number of aromatic hydroxyl groups is 1. The van der Waals surface area contributed by atoms with Crippen molar-refractivity contribution in [2.75, 3.05) is 14.2 Å². The van der Waals surface area contributed by atoms with E-state index in [-0.39, 0.29) is 28.9 Å². The van der Waals surface area contributed by atoms with Gasteiger partial charge in [-0.1, -0.05) is 30.9 Å². The lowest BCUT2D eigenvalue weighted by Gasteiger charge is -2.12. The first-order chi connectivity index (χ1) is 13.3. The van der Waals surface area contributed by atoms with Crippen molar-refractivity contribution < 1.29 is 23.0 Å². The zero-order valence-electron chi connectivity index (χ0n) is 15.9. The van der Waals surface area contributed by atoms with Gasteiger partial charge in [0.1, 0.15) is 0 Å². The molecule has 0 bridgehead atoms. The average Bonchev–Trinajstić information content (AvgIpc) is 2.99. The van der Waals surface area contributed by atoms with E-state index >= 15 is 0 Å². The molecule has 3 aromatic rings. The summed E-state index contributed by atoms with van der Waals surface area (Å²) in [5, 5.41) is 10.6. The number of hydrogen-bond acceptors (Lipinski definition) is 8. The van der Waals surface area contributed by atoms with E-state index in [9.17, 15) is 13.5 Å². The topological polar surface area (TPSA) is 116 Å². The van der Waals surface area contributed by atoms with Crippen LogP contribution in [-0.2, 0) is 10.0 Å². The van der Waals surface area contributed by atoms with Crippen LogP contribution in [0.2, 0.25) is 0 Å². The number of ether oxygens (including phenoxy) is 2. The molecule has 0 unspecified atom stereocenters. The summed E-state index contributed by atoms with van der Waals surface area (Å²) in [6.07, 6.45) is 1.52. The van der Waals surface area contributed by atoms with Crippen LogP contribution in [0, 0.1) is 0 Å². The third-order valence-electron chi connectivity index (χ3n) is 4.21. The van der Waals surface area contributed by atoms with E-state index in [1.807, 2.05) is 0 Å². The Morgan fingerprint density at radius 1 is 1.14 bits per heavy atom. The molecule has 0 saturated carbocycles. The van der Waals surface area contributed by atoms with Gasteiger partial charge in [-0.2, -0.15) is 9.97 Å². The molecule has 0 saturated heterocycles. The molecular weight excluding hydrogens is 384 g/mol. The molecule has 0 aliphatic rings. The summed E-state index contributed by atoms with van der Waals surface area (Å²) < 4.78 is 37.0. The molecular formula is C18H20N4O5S. The standard InChI is InChI=1S/C18H20N4O5S/c1-6-11-8-7-9-12-13(15-19-17(26-4)21-18(20-15)27-5)16(23)22(14(11)12)28(24,25)10(2)3/h6-10,23H,1H2,2-5H3. The van der Waals surface area contributed by atoms with Crippen molar-refractivity contribution >= 4 is 27.0 Å². The molecule has 0 amide bonds. The first-order valence-corrected chi connectivity index (χ1v) is 9.84. The highest BCUT2D eigenvalue weighted by molar-refractivity contribution is 7.90. The van der Waals surface area contributed by atoms with Crippen LogP contribution in [-0.4, -0.2) is 51.9 Å². The molecule has 2 aromatic heterocycles. The molecule has 9 nitrogen and oxygen atoms in total. The Kier molecular flexibility index (Phi) is 4.99. The smallest absolute Gasteiger partial charge is 0.322 e. The molecule has 28 heavy (non-hydrogen) atoms. The fourth-order valence-corrected chi connectivity index (χ4v) is 4.01. The van der Waals surface area contributed by atoms with Gasteiger partial charge in [0.2, 0.25) is 15.9 Å². The number of nitrogens with zero attached hydrogens (tertiary/aromatic N) is 4. The maximum Gasteiger partial charge on any atom is 0.322 e. The van der Waals surface area contributed by atoms with Gasteiger partial charge in [0.25, 0.3) is 0 Å². The molecule has 3 rings (SSSR count). The average molecular weight is 404 g/mol. The Morgan fingerprint density at radius 2 is 1.75 bits per heavy atom. The first kappa shape index (κ1) is 19.6. The number of rotatable bonds is 6. The monoisotopic (exact) mass is 404 g/mol. The van der Waals surface area contributed by atoms with Crippen molar-refractivity contribution in [3.8, 4) is 29.3 Å². The quantitative estimate of drug-likeness (QED) is 0.666. The summed E-state index contributed by atoms with van der Waals surface area (Å²) in [6.45, 7) is 6.81. The summed E-state index contributed by atoms with van der Waals surface area (Å²) in [7, 11) is -1.15. The summed E-state index contributed by atoms with van der Waals surface area (Å²) in [5.41, 5.74) is 0.954. The van der Waals surface area contributed by atoms with Crippen LogP contribution in [0.3, 0.4) is 0 Å². The van der Waals surface area contributed by atoms with Crippen LogP contribution < -0.4 is 9.47 Å². The van der Waals surface area contributed by atoms with Gasteiger partial charge in [-0.05, 0) is 19.4 Å². The fraction of sp³-hybridized carbons (Fsp3) is 0.278. The molecule has 0 fully saturated rings. The van der Waals surface area contributed by atoms with Gasteiger partial charge in [0, 0.05) is 5.39 Å². The van der Waals surface area contributed by atoms with Crippen LogP contribution in [0.25, 0.3) is 28.4 Å². The first-order valence-electron chi connectivity index (χ1n) is 8.33. The van der Waals surface area contributed by atoms with Gasteiger partial charge in [0.15, 0.2) is 5.82 Å². The predicted molar refractivity (Wildman–Crippen MR) is 105 cm³/mol. The van der Waals surface area contributed by atoms with E-state index < -0.39 is 21.2 Å². The van der Waals surface area contributed by atoms with Crippen LogP contribution in [0.15, 0.2) is 24.8 Å². The van der Waals surface area contributed by atoms with Gasteiger partial charge in [-0.3, -0.25) is 0 Å². The molecule has 0 aliphatic carbocycles. The molecule has 0 atom stereocenters. The number of fused-ring (bicyclic) bond motifs is 1. The summed E-state index contributed by atoms with van der Waals surface area (Å²) in [6, 6.07) is 5.04. The van der Waals surface area contributed by atoms with E-state index in [1.54, 1.807) is 18.2 Å². The second kappa shape index (κ2) is 7.12. The second-order valence-electron chi connectivity index (χ2n) is 6.14. The largest absolute Gasteiger partial charge is 0.493 e. The predicted octanol–water partition coefficient (Wildman–Crippen LogP) is 2.45. The maximum atomic E-state index is 13.0. The normalized spacial score (nSPS) is 11.8. The molecule has 2 heterocycles. The Bertz CT molecular complexity index is 1150. The zero-order chi connectivity index (χ0) is 20.6. The van der Waals surface area contributed by atoms with Gasteiger partial charge in [-0.25, -0.2) is 12.4 Å². The number of hydrogen-bond donors (Lipinski definition) is 1. The number of para-hydroxylation sites is 1. The maximum absolute atomic E-state index is 13.0. The highest BCUT2D eigenvalue weighted by Gasteiger charge is 2.31. The Labute approximate surface area is 162 Å². The number of benzene rings is 1. The van der Waals surface area contributed by atoms with Crippen LogP contribution >= 0.6 is 0 Å². The van der Waals surface area contributed by atoms with Crippen molar-refractivity contribution in [1.29, 1.82) is 0 Å². The van der Waals surface area contributed by atoms with Crippen molar-refractivity contribution in [2.24, 2.45) is 0 Å².